The second kappa shape index (κ2) is 15.0. The molecule has 1 atom stereocenters. The summed E-state index contributed by atoms with van der Waals surface area (Å²) in [6, 6.07) is 35.0. The fraction of sp³-hybridized carbons (Fsp3) is 0.279. The van der Waals surface area contributed by atoms with Gasteiger partial charge in [-0.3, -0.25) is 4.79 Å². The summed E-state index contributed by atoms with van der Waals surface area (Å²) in [5, 5.41) is 2.05. The van der Waals surface area contributed by atoms with E-state index in [9.17, 15) is 14.4 Å². The van der Waals surface area contributed by atoms with Crippen molar-refractivity contribution >= 4 is 45.7 Å². The number of carbonyl (C=O) groups is 3. The minimum absolute atomic E-state index is 0.0602. The number of anilines is 3. The largest absolute Gasteiger partial charge is 0.386 e. The highest BCUT2D eigenvalue weighted by molar-refractivity contribution is 6.17. The molecule has 7 nitrogen and oxygen atoms in total. The van der Waals surface area contributed by atoms with Crippen molar-refractivity contribution in [2.75, 3.05) is 47.4 Å². The van der Waals surface area contributed by atoms with Gasteiger partial charge >= 0.3 is 11.9 Å². The van der Waals surface area contributed by atoms with Crippen LogP contribution >= 0.6 is 0 Å². The van der Waals surface area contributed by atoms with E-state index in [1.807, 2.05) is 19.1 Å². The van der Waals surface area contributed by atoms with E-state index >= 15 is 0 Å². The predicted octanol–water partition coefficient (Wildman–Crippen LogP) is 8.88. The van der Waals surface area contributed by atoms with E-state index in [4.69, 9.17) is 4.74 Å². The lowest BCUT2D eigenvalue weighted by Crippen LogP contribution is -2.31. The van der Waals surface area contributed by atoms with Gasteiger partial charge in [-0.25, -0.2) is 9.59 Å². The highest BCUT2D eigenvalue weighted by Gasteiger charge is 2.31. The van der Waals surface area contributed by atoms with Gasteiger partial charge in [0.15, 0.2) is 0 Å². The molecule has 6 rings (SSSR count). The van der Waals surface area contributed by atoms with E-state index < -0.39 is 11.9 Å². The van der Waals surface area contributed by atoms with E-state index in [0.29, 0.717) is 12.1 Å². The first-order chi connectivity index (χ1) is 24.3. The average Bonchev–Trinajstić information content (AvgIpc) is 3.44. The van der Waals surface area contributed by atoms with Crippen LogP contribution < -0.4 is 14.7 Å². The standard InChI is InChI=1S/C43H45N3O4/c1-6-44(7-2)32-20-15-29(16-21-32)27-38(30-17-22-33(23-18-30)45(8-3)9-4)35-25-26-40(36-14-12-11-13-34(35)36)46(10-5)41(47)31-19-24-37-39(28-31)43(49)50-42(37)48/h11-26,28,38H,6-10,27H2,1-5H3. The van der Waals surface area contributed by atoms with Crippen LogP contribution in [-0.2, 0) is 11.2 Å². The van der Waals surface area contributed by atoms with Crippen LogP contribution in [0.15, 0.2) is 103 Å². The second-order valence-corrected chi connectivity index (χ2v) is 12.6. The lowest BCUT2D eigenvalue weighted by molar-refractivity contribution is 0.0443. The molecular weight excluding hydrogens is 622 g/mol. The number of nitrogens with zero attached hydrogens (tertiary/aromatic N) is 3. The molecule has 0 radical (unpaired) electrons. The number of amides is 1. The third-order valence-electron chi connectivity index (χ3n) is 9.98. The second-order valence-electron chi connectivity index (χ2n) is 12.6. The number of benzene rings is 5. The molecule has 5 aromatic carbocycles. The molecule has 256 valence electrons. The highest BCUT2D eigenvalue weighted by Crippen LogP contribution is 2.39. The van der Waals surface area contributed by atoms with Crippen LogP contribution in [-0.4, -0.2) is 50.6 Å². The van der Waals surface area contributed by atoms with E-state index in [1.54, 1.807) is 11.0 Å². The molecule has 7 heteroatoms. The van der Waals surface area contributed by atoms with Gasteiger partial charge in [-0.2, -0.15) is 0 Å². The van der Waals surface area contributed by atoms with Crippen LogP contribution in [0.2, 0.25) is 0 Å². The van der Waals surface area contributed by atoms with Crippen molar-refractivity contribution in [2.24, 2.45) is 0 Å². The number of carbonyl (C=O) groups excluding carboxylic acids is 3. The molecule has 1 aliphatic heterocycles. The van der Waals surface area contributed by atoms with Crippen molar-refractivity contribution in [1.82, 2.24) is 0 Å². The molecule has 0 spiro atoms. The van der Waals surface area contributed by atoms with Crippen molar-refractivity contribution in [3.05, 3.63) is 137 Å². The van der Waals surface area contributed by atoms with E-state index in [2.05, 4.69) is 110 Å². The van der Waals surface area contributed by atoms with Crippen LogP contribution in [0.1, 0.15) is 88.3 Å². The summed E-state index contributed by atoms with van der Waals surface area (Å²) in [7, 11) is 0. The zero-order valence-corrected chi connectivity index (χ0v) is 29.6. The molecule has 0 aromatic heterocycles. The third kappa shape index (κ3) is 6.60. The number of esters is 2. The van der Waals surface area contributed by atoms with E-state index in [-0.39, 0.29) is 23.0 Å². The summed E-state index contributed by atoms with van der Waals surface area (Å²) < 4.78 is 4.76. The first-order valence-electron chi connectivity index (χ1n) is 17.7. The van der Waals surface area contributed by atoms with Crippen LogP contribution in [0.25, 0.3) is 10.8 Å². The minimum Gasteiger partial charge on any atom is -0.386 e. The summed E-state index contributed by atoms with van der Waals surface area (Å²) in [4.78, 5) is 44.8. The van der Waals surface area contributed by atoms with Gasteiger partial charge < -0.3 is 19.4 Å². The Morgan fingerprint density at radius 1 is 0.620 bits per heavy atom. The number of fused-ring (bicyclic) bond motifs is 2. The Hall–Kier alpha value is -5.43. The Balaban J connectivity index is 1.42. The zero-order valence-electron chi connectivity index (χ0n) is 29.6. The van der Waals surface area contributed by atoms with Gasteiger partial charge in [0.1, 0.15) is 0 Å². The third-order valence-corrected chi connectivity index (χ3v) is 9.98. The van der Waals surface area contributed by atoms with Crippen molar-refractivity contribution in [3.8, 4) is 0 Å². The molecule has 0 bridgehead atoms. The summed E-state index contributed by atoms with van der Waals surface area (Å²) in [5.74, 6) is -1.60. The van der Waals surface area contributed by atoms with Crippen LogP contribution in [0, 0.1) is 0 Å². The summed E-state index contributed by atoms with van der Waals surface area (Å²) in [6.45, 7) is 14.9. The topological polar surface area (TPSA) is 70.2 Å². The summed E-state index contributed by atoms with van der Waals surface area (Å²) in [6.07, 6.45) is 0.812. The van der Waals surface area contributed by atoms with Gasteiger partial charge in [0, 0.05) is 61.0 Å². The Morgan fingerprint density at radius 3 is 1.80 bits per heavy atom. The summed E-state index contributed by atoms with van der Waals surface area (Å²) in [5.41, 5.74) is 7.53. The normalized spacial score (nSPS) is 12.8. The maximum atomic E-state index is 14.0. The Labute approximate surface area is 295 Å². The van der Waals surface area contributed by atoms with Gasteiger partial charge in [0.2, 0.25) is 0 Å². The molecule has 5 aromatic rings. The molecule has 1 amide bonds. The predicted molar refractivity (Wildman–Crippen MR) is 203 cm³/mol. The molecule has 0 fully saturated rings. The van der Waals surface area contributed by atoms with E-state index in [0.717, 1.165) is 49.1 Å². The lowest BCUT2D eigenvalue weighted by atomic mass is 9.83. The maximum absolute atomic E-state index is 14.0. The Morgan fingerprint density at radius 2 is 1.20 bits per heavy atom. The molecule has 0 saturated carbocycles. The molecule has 0 saturated heterocycles. The average molecular weight is 668 g/mol. The van der Waals surface area contributed by atoms with E-state index in [1.165, 1.54) is 40.2 Å². The summed E-state index contributed by atoms with van der Waals surface area (Å²) >= 11 is 0. The molecule has 0 N–H and O–H groups in total. The van der Waals surface area contributed by atoms with Gasteiger partial charge in [0.05, 0.1) is 16.8 Å². The SMILES string of the molecule is CCN(CC)c1ccc(CC(c2ccc(N(CC)CC)cc2)c2ccc(N(CC)C(=O)c3ccc4c(c3)C(=O)OC4=O)c3ccccc23)cc1. The van der Waals surface area contributed by atoms with Crippen LogP contribution in [0.4, 0.5) is 17.1 Å². The van der Waals surface area contributed by atoms with Crippen molar-refractivity contribution in [2.45, 2.75) is 47.0 Å². The fourth-order valence-corrected chi connectivity index (χ4v) is 7.22. The molecule has 0 aliphatic carbocycles. The lowest BCUT2D eigenvalue weighted by Gasteiger charge is -2.27. The number of rotatable bonds is 13. The van der Waals surface area contributed by atoms with Gasteiger partial charge in [0.25, 0.3) is 5.91 Å². The maximum Gasteiger partial charge on any atom is 0.346 e. The molecule has 1 heterocycles. The quantitative estimate of drug-likeness (QED) is 0.0923. The first-order valence-corrected chi connectivity index (χ1v) is 17.7. The molecular formula is C43H45N3O4. The molecule has 50 heavy (non-hydrogen) atoms. The van der Waals surface area contributed by atoms with Gasteiger partial charge in [-0.15, -0.1) is 0 Å². The molecule has 1 unspecified atom stereocenters. The Kier molecular flexibility index (Phi) is 10.3. The number of ether oxygens (including phenoxy) is 1. The Bertz CT molecular complexity index is 2010. The number of hydrogen-bond acceptors (Lipinski definition) is 6. The monoisotopic (exact) mass is 667 g/mol. The minimum atomic E-state index is -0.726. The number of hydrogen-bond donors (Lipinski definition) is 0. The van der Waals surface area contributed by atoms with Crippen LogP contribution in [0.5, 0.6) is 0 Å². The van der Waals surface area contributed by atoms with Crippen molar-refractivity contribution in [3.63, 3.8) is 0 Å². The van der Waals surface area contributed by atoms with Crippen LogP contribution in [0.3, 0.4) is 0 Å². The highest BCUT2D eigenvalue weighted by atomic mass is 16.6. The number of cyclic esters (lactones) is 2. The van der Waals surface area contributed by atoms with Crippen molar-refractivity contribution in [1.29, 1.82) is 0 Å². The smallest absolute Gasteiger partial charge is 0.346 e. The fourth-order valence-electron chi connectivity index (χ4n) is 7.22. The van der Waals surface area contributed by atoms with Gasteiger partial charge in [-0.1, -0.05) is 54.6 Å². The first kappa shape index (κ1) is 34.4. The van der Waals surface area contributed by atoms with Gasteiger partial charge in [-0.05, 0) is 112 Å². The molecule has 1 aliphatic rings. The van der Waals surface area contributed by atoms with Crippen molar-refractivity contribution < 1.29 is 19.1 Å². The zero-order chi connectivity index (χ0) is 35.4.